The van der Waals surface area contributed by atoms with E-state index in [4.69, 9.17) is 0 Å². The van der Waals surface area contributed by atoms with E-state index in [2.05, 4.69) is 183 Å². The van der Waals surface area contributed by atoms with Crippen molar-refractivity contribution in [1.82, 2.24) is 0 Å². The van der Waals surface area contributed by atoms with Crippen LogP contribution in [0.4, 0.5) is 17.1 Å². The van der Waals surface area contributed by atoms with Crippen LogP contribution in [0.25, 0.3) is 54.6 Å². The van der Waals surface area contributed by atoms with Gasteiger partial charge in [-0.05, 0) is 110 Å². The third kappa shape index (κ3) is 4.31. The van der Waals surface area contributed by atoms with Crippen molar-refractivity contribution in [3.05, 3.63) is 174 Å². The van der Waals surface area contributed by atoms with Gasteiger partial charge in [0.1, 0.15) is 0 Å². The van der Waals surface area contributed by atoms with Crippen LogP contribution < -0.4 is 4.90 Å². The number of rotatable bonds is 4. The van der Waals surface area contributed by atoms with Crippen LogP contribution in [0.1, 0.15) is 30.5 Å². The standard InChI is InChI=1S/C46H35N/c1-30-19-24-37(25-20-30)47(43-18-10-17-39-40-28-34-14-6-7-15-35(34)29-41(40)46(2,3)45(39)43)42-26-23-32-12-8-9-16-38(32)44(42)36-22-21-31-11-4-5-13-33(31)27-36/h4-29H,1-3H3. The van der Waals surface area contributed by atoms with Gasteiger partial charge in [0.15, 0.2) is 0 Å². The number of fused-ring (bicyclic) bond motifs is 6. The van der Waals surface area contributed by atoms with Crippen LogP contribution in [-0.2, 0) is 5.41 Å². The van der Waals surface area contributed by atoms with Gasteiger partial charge in [0.05, 0.1) is 11.4 Å². The molecule has 0 saturated heterocycles. The highest BCUT2D eigenvalue weighted by Crippen LogP contribution is 2.56. The first-order valence-corrected chi connectivity index (χ1v) is 16.5. The lowest BCUT2D eigenvalue weighted by molar-refractivity contribution is 0.661. The van der Waals surface area contributed by atoms with E-state index >= 15 is 0 Å². The van der Waals surface area contributed by atoms with Crippen molar-refractivity contribution in [2.75, 3.05) is 4.90 Å². The summed E-state index contributed by atoms with van der Waals surface area (Å²) in [6, 6.07) is 58.4. The zero-order chi connectivity index (χ0) is 31.7. The second kappa shape index (κ2) is 10.4. The predicted molar refractivity (Wildman–Crippen MR) is 201 cm³/mol. The smallest absolute Gasteiger partial charge is 0.0546 e. The lowest BCUT2D eigenvalue weighted by Crippen LogP contribution is -2.21. The molecule has 0 atom stereocenters. The van der Waals surface area contributed by atoms with Gasteiger partial charge in [0.25, 0.3) is 0 Å². The predicted octanol–water partition coefficient (Wildman–Crippen LogP) is 12.9. The summed E-state index contributed by atoms with van der Waals surface area (Å²) in [5, 5.41) is 7.55. The molecule has 0 heterocycles. The average molecular weight is 602 g/mol. The molecule has 0 amide bonds. The van der Waals surface area contributed by atoms with Gasteiger partial charge in [-0.15, -0.1) is 0 Å². The molecule has 0 fully saturated rings. The Morgan fingerprint density at radius 1 is 0.468 bits per heavy atom. The summed E-state index contributed by atoms with van der Waals surface area (Å²) in [4.78, 5) is 2.52. The van der Waals surface area contributed by atoms with E-state index in [9.17, 15) is 0 Å². The van der Waals surface area contributed by atoms with E-state index in [1.54, 1.807) is 0 Å². The van der Waals surface area contributed by atoms with Crippen LogP contribution in [-0.4, -0.2) is 0 Å². The van der Waals surface area contributed by atoms with Crippen LogP contribution in [0.3, 0.4) is 0 Å². The minimum Gasteiger partial charge on any atom is -0.310 e. The van der Waals surface area contributed by atoms with Crippen molar-refractivity contribution < 1.29 is 0 Å². The Morgan fingerprint density at radius 2 is 1.11 bits per heavy atom. The molecule has 47 heavy (non-hydrogen) atoms. The average Bonchev–Trinajstić information content (AvgIpc) is 3.33. The number of hydrogen-bond acceptors (Lipinski definition) is 1. The van der Waals surface area contributed by atoms with Crippen molar-refractivity contribution >= 4 is 49.4 Å². The van der Waals surface area contributed by atoms with Crippen LogP contribution in [0.5, 0.6) is 0 Å². The Morgan fingerprint density at radius 3 is 1.87 bits per heavy atom. The van der Waals surface area contributed by atoms with E-state index < -0.39 is 0 Å². The maximum absolute atomic E-state index is 2.52. The number of nitrogens with zero attached hydrogens (tertiary/aromatic N) is 1. The molecule has 8 aromatic rings. The normalized spacial score (nSPS) is 13.2. The molecule has 0 spiro atoms. The second-order valence-corrected chi connectivity index (χ2v) is 13.5. The molecule has 0 bridgehead atoms. The Kier molecular flexibility index (Phi) is 6.14. The van der Waals surface area contributed by atoms with Crippen molar-refractivity contribution in [2.45, 2.75) is 26.2 Å². The first-order valence-electron chi connectivity index (χ1n) is 16.5. The zero-order valence-electron chi connectivity index (χ0n) is 27.0. The topological polar surface area (TPSA) is 3.24 Å². The van der Waals surface area contributed by atoms with Gasteiger partial charge < -0.3 is 4.90 Å². The van der Waals surface area contributed by atoms with Crippen LogP contribution in [0.2, 0.25) is 0 Å². The maximum atomic E-state index is 2.52. The van der Waals surface area contributed by atoms with Gasteiger partial charge in [-0.1, -0.05) is 135 Å². The SMILES string of the molecule is Cc1ccc(N(c2cccc3c2C(C)(C)c2cc4ccccc4cc2-3)c2ccc3ccccc3c2-c2ccc3ccccc3c2)cc1. The molecular formula is C46H35N. The summed E-state index contributed by atoms with van der Waals surface area (Å²) in [6.45, 7) is 6.96. The minimum atomic E-state index is -0.200. The third-order valence-electron chi connectivity index (χ3n) is 10.2. The molecule has 0 aliphatic heterocycles. The summed E-state index contributed by atoms with van der Waals surface area (Å²) in [6.07, 6.45) is 0. The largest absolute Gasteiger partial charge is 0.310 e. The first-order chi connectivity index (χ1) is 23.0. The lowest BCUT2D eigenvalue weighted by atomic mass is 9.80. The van der Waals surface area contributed by atoms with Crippen molar-refractivity contribution in [1.29, 1.82) is 0 Å². The molecular weight excluding hydrogens is 567 g/mol. The molecule has 1 heteroatoms. The van der Waals surface area contributed by atoms with Gasteiger partial charge in [0, 0.05) is 16.7 Å². The van der Waals surface area contributed by atoms with Crippen LogP contribution in [0.15, 0.2) is 158 Å². The zero-order valence-corrected chi connectivity index (χ0v) is 27.0. The quantitative estimate of drug-likeness (QED) is 0.194. The minimum absolute atomic E-state index is 0.200. The van der Waals surface area contributed by atoms with Gasteiger partial charge in [-0.3, -0.25) is 0 Å². The Balaban J connectivity index is 1.36. The first kappa shape index (κ1) is 27.6. The summed E-state index contributed by atoms with van der Waals surface area (Å²) in [7, 11) is 0. The number of anilines is 3. The Labute approximate surface area is 276 Å². The van der Waals surface area contributed by atoms with Crippen LogP contribution >= 0.6 is 0 Å². The fourth-order valence-electron chi connectivity index (χ4n) is 7.92. The molecule has 1 aliphatic carbocycles. The Bertz CT molecular complexity index is 2500. The summed E-state index contributed by atoms with van der Waals surface area (Å²) >= 11 is 0. The van der Waals surface area contributed by atoms with Crippen molar-refractivity contribution in [3.63, 3.8) is 0 Å². The van der Waals surface area contributed by atoms with Gasteiger partial charge in [-0.25, -0.2) is 0 Å². The molecule has 0 aromatic heterocycles. The van der Waals surface area contributed by atoms with E-state index in [1.807, 2.05) is 0 Å². The van der Waals surface area contributed by atoms with E-state index in [-0.39, 0.29) is 5.41 Å². The highest BCUT2D eigenvalue weighted by molar-refractivity contribution is 6.07. The van der Waals surface area contributed by atoms with Gasteiger partial charge in [-0.2, -0.15) is 0 Å². The fourth-order valence-corrected chi connectivity index (χ4v) is 7.92. The summed E-state index contributed by atoms with van der Waals surface area (Å²) in [5.41, 5.74) is 12.5. The highest BCUT2D eigenvalue weighted by atomic mass is 15.1. The van der Waals surface area contributed by atoms with E-state index in [0.29, 0.717) is 0 Å². The second-order valence-electron chi connectivity index (χ2n) is 13.5. The molecule has 0 radical (unpaired) electrons. The molecule has 8 aromatic carbocycles. The highest BCUT2D eigenvalue weighted by Gasteiger charge is 2.39. The van der Waals surface area contributed by atoms with E-state index in [1.165, 1.54) is 82.6 Å². The molecule has 9 rings (SSSR count). The number of aryl methyl sites for hydroxylation is 1. The molecule has 1 nitrogen and oxygen atoms in total. The van der Waals surface area contributed by atoms with Crippen molar-refractivity contribution in [2.24, 2.45) is 0 Å². The molecule has 0 unspecified atom stereocenters. The van der Waals surface area contributed by atoms with Gasteiger partial charge in [0.2, 0.25) is 0 Å². The maximum Gasteiger partial charge on any atom is 0.0546 e. The molecule has 0 saturated carbocycles. The summed E-state index contributed by atoms with van der Waals surface area (Å²) in [5.74, 6) is 0. The molecule has 224 valence electrons. The van der Waals surface area contributed by atoms with E-state index in [0.717, 1.165) is 5.69 Å². The van der Waals surface area contributed by atoms with Gasteiger partial charge >= 0.3 is 0 Å². The molecule has 0 N–H and O–H groups in total. The Hall–Kier alpha value is -5.66. The molecule has 1 aliphatic rings. The monoisotopic (exact) mass is 601 g/mol. The number of benzene rings is 8. The van der Waals surface area contributed by atoms with Crippen molar-refractivity contribution in [3.8, 4) is 22.3 Å². The summed E-state index contributed by atoms with van der Waals surface area (Å²) < 4.78 is 0. The fraction of sp³-hybridized carbons (Fsp3) is 0.0870. The third-order valence-corrected chi connectivity index (χ3v) is 10.2. The van der Waals surface area contributed by atoms with Crippen LogP contribution in [0, 0.1) is 6.92 Å². The lowest BCUT2D eigenvalue weighted by Gasteiger charge is -2.34. The number of hydrogen-bond donors (Lipinski definition) is 0.